The molecule has 0 aliphatic heterocycles. The smallest absolute Gasteiger partial charge is 0.343 e. The molecule has 2 aromatic rings. The van der Waals surface area contributed by atoms with Gasteiger partial charge in [0.25, 0.3) is 0 Å². The number of rotatable bonds is 14. The van der Waals surface area contributed by atoms with Gasteiger partial charge in [-0.15, -0.1) is 18.3 Å². The first kappa shape index (κ1) is 27.8. The Morgan fingerprint density at radius 1 is 1.00 bits per heavy atom. The van der Waals surface area contributed by atoms with Crippen LogP contribution in [0.15, 0.2) is 61.2 Å². The van der Waals surface area contributed by atoms with Crippen molar-refractivity contribution in [1.82, 2.24) is 0 Å². The SMILES string of the molecule is C=CCO[C](C(=O)OC(C)(C)C(C)OCSC)C(c1ccc(OC)cc1)c1ccc(OC)cc1. The molecule has 2 aromatic carbocycles. The van der Waals surface area contributed by atoms with Gasteiger partial charge >= 0.3 is 5.97 Å². The Morgan fingerprint density at radius 3 is 1.91 bits per heavy atom. The highest BCUT2D eigenvalue weighted by atomic mass is 32.2. The van der Waals surface area contributed by atoms with Gasteiger partial charge in [-0.3, -0.25) is 0 Å². The van der Waals surface area contributed by atoms with Crippen LogP contribution in [0, 0.1) is 6.10 Å². The second kappa shape index (κ2) is 13.4. The molecule has 34 heavy (non-hydrogen) atoms. The van der Waals surface area contributed by atoms with E-state index in [0.29, 0.717) is 17.4 Å². The zero-order valence-electron chi connectivity index (χ0n) is 20.8. The molecule has 7 heteroatoms. The molecule has 0 N–H and O–H groups in total. The third-order valence-corrected chi connectivity index (χ3v) is 5.86. The zero-order chi connectivity index (χ0) is 25.1. The number of carbonyl (C=O) groups excluding carboxylic acids is 1. The Kier molecular flexibility index (Phi) is 11.0. The van der Waals surface area contributed by atoms with Crippen molar-refractivity contribution in [2.75, 3.05) is 33.0 Å². The fourth-order valence-electron chi connectivity index (χ4n) is 3.24. The van der Waals surface area contributed by atoms with Crippen molar-refractivity contribution >= 4 is 17.7 Å². The summed E-state index contributed by atoms with van der Waals surface area (Å²) in [5, 5.41) is 0. The van der Waals surface area contributed by atoms with Crippen LogP contribution in [0.3, 0.4) is 0 Å². The van der Waals surface area contributed by atoms with Crippen molar-refractivity contribution in [1.29, 1.82) is 0 Å². The average Bonchev–Trinajstić information content (AvgIpc) is 2.85. The van der Waals surface area contributed by atoms with E-state index in [4.69, 9.17) is 23.7 Å². The minimum atomic E-state index is -0.875. The van der Waals surface area contributed by atoms with Gasteiger partial charge < -0.3 is 23.7 Å². The first-order valence-corrected chi connectivity index (χ1v) is 12.4. The summed E-state index contributed by atoms with van der Waals surface area (Å²) in [5.41, 5.74) is 0.831. The van der Waals surface area contributed by atoms with Crippen molar-refractivity contribution in [3.8, 4) is 11.5 Å². The molecule has 185 valence electrons. The van der Waals surface area contributed by atoms with Crippen LogP contribution in [-0.4, -0.2) is 50.7 Å². The number of benzene rings is 2. The molecule has 1 atom stereocenters. The lowest BCUT2D eigenvalue weighted by atomic mass is 9.86. The van der Waals surface area contributed by atoms with Gasteiger partial charge in [-0.1, -0.05) is 30.3 Å². The number of hydrogen-bond acceptors (Lipinski definition) is 7. The summed E-state index contributed by atoms with van der Waals surface area (Å²) >= 11 is 1.56. The fourth-order valence-corrected chi connectivity index (χ4v) is 3.58. The van der Waals surface area contributed by atoms with Gasteiger partial charge in [-0.25, -0.2) is 4.79 Å². The summed E-state index contributed by atoms with van der Waals surface area (Å²) in [6, 6.07) is 15.0. The van der Waals surface area contributed by atoms with E-state index in [1.165, 1.54) is 0 Å². The molecule has 0 aliphatic carbocycles. The van der Waals surface area contributed by atoms with Crippen molar-refractivity contribution in [2.45, 2.75) is 38.4 Å². The molecule has 6 nitrogen and oxygen atoms in total. The predicted octanol–water partition coefficient (Wildman–Crippen LogP) is 5.62. The first-order valence-electron chi connectivity index (χ1n) is 11.0. The van der Waals surface area contributed by atoms with Gasteiger partial charge in [0.05, 0.1) is 38.8 Å². The quantitative estimate of drug-likeness (QED) is 0.195. The van der Waals surface area contributed by atoms with Crippen LogP contribution in [-0.2, 0) is 19.0 Å². The molecule has 0 fully saturated rings. The highest BCUT2D eigenvalue weighted by Crippen LogP contribution is 2.38. The van der Waals surface area contributed by atoms with Crippen molar-refractivity contribution < 1.29 is 28.5 Å². The van der Waals surface area contributed by atoms with E-state index in [0.717, 1.165) is 11.1 Å². The highest BCUT2D eigenvalue weighted by Gasteiger charge is 2.40. The Labute approximate surface area is 207 Å². The van der Waals surface area contributed by atoms with Crippen LogP contribution in [0.25, 0.3) is 0 Å². The van der Waals surface area contributed by atoms with E-state index < -0.39 is 17.5 Å². The van der Waals surface area contributed by atoms with E-state index in [-0.39, 0.29) is 18.8 Å². The van der Waals surface area contributed by atoms with Crippen LogP contribution >= 0.6 is 11.8 Å². The molecule has 0 saturated carbocycles. The van der Waals surface area contributed by atoms with Crippen LogP contribution in [0.1, 0.15) is 37.8 Å². The van der Waals surface area contributed by atoms with Gasteiger partial charge in [0, 0.05) is 0 Å². The maximum Gasteiger partial charge on any atom is 0.343 e. The number of esters is 1. The maximum absolute atomic E-state index is 13.5. The number of methoxy groups -OCH3 is 2. The third-order valence-electron chi connectivity index (χ3n) is 5.49. The van der Waals surface area contributed by atoms with E-state index in [2.05, 4.69) is 6.58 Å². The number of carbonyl (C=O) groups is 1. The summed E-state index contributed by atoms with van der Waals surface area (Å²) in [7, 11) is 3.22. The molecule has 1 radical (unpaired) electrons. The van der Waals surface area contributed by atoms with Gasteiger partial charge in [-0.05, 0) is 62.4 Å². The summed E-state index contributed by atoms with van der Waals surface area (Å²) in [6.07, 6.45) is 3.40. The predicted molar refractivity (Wildman–Crippen MR) is 136 cm³/mol. The van der Waals surface area contributed by atoms with E-state index in [1.54, 1.807) is 32.1 Å². The maximum atomic E-state index is 13.5. The van der Waals surface area contributed by atoms with Crippen LogP contribution in [0.4, 0.5) is 0 Å². The van der Waals surface area contributed by atoms with Crippen LogP contribution < -0.4 is 9.47 Å². The molecule has 0 spiro atoms. The molecular weight excluding hydrogens is 452 g/mol. The fraction of sp³-hybridized carbons (Fsp3) is 0.407. The second-order valence-electron chi connectivity index (χ2n) is 8.15. The lowest BCUT2D eigenvalue weighted by Gasteiger charge is -2.34. The Bertz CT molecular complexity index is 847. The molecule has 2 rings (SSSR count). The number of hydrogen-bond donors (Lipinski definition) is 0. The van der Waals surface area contributed by atoms with Gasteiger partial charge in [0.1, 0.15) is 17.1 Å². The molecular formula is C27H35O6S. The Balaban J connectivity index is 2.46. The molecule has 1 unspecified atom stereocenters. The second-order valence-corrected chi connectivity index (χ2v) is 8.96. The molecule has 0 aromatic heterocycles. The van der Waals surface area contributed by atoms with Crippen molar-refractivity contribution in [3.63, 3.8) is 0 Å². The highest BCUT2D eigenvalue weighted by molar-refractivity contribution is 7.98. The zero-order valence-corrected chi connectivity index (χ0v) is 21.6. The summed E-state index contributed by atoms with van der Waals surface area (Å²) < 4.78 is 28.3. The standard InChI is InChI=1S/C27H35O6S/c1-8-17-31-25(26(28)33-27(3,4)19(2)32-18-34-7)24(20-9-13-22(29-5)14-10-20)21-11-15-23(30-6)16-12-21/h8-16,19,24H,1,17-18H2,2-7H3. The van der Waals surface area contributed by atoms with Crippen LogP contribution in [0.5, 0.6) is 11.5 Å². The third kappa shape index (κ3) is 7.52. The minimum absolute atomic E-state index is 0.159. The Morgan fingerprint density at radius 2 is 1.50 bits per heavy atom. The number of ether oxygens (including phenoxy) is 5. The molecule has 0 bridgehead atoms. The molecule has 0 aliphatic rings. The lowest BCUT2D eigenvalue weighted by molar-refractivity contribution is -0.173. The normalized spacial score (nSPS) is 12.5. The van der Waals surface area contributed by atoms with Crippen LogP contribution in [0.2, 0.25) is 0 Å². The number of thioether (sulfide) groups is 1. The Hall–Kier alpha value is -2.48. The van der Waals surface area contributed by atoms with E-state index in [1.807, 2.05) is 75.6 Å². The van der Waals surface area contributed by atoms with Crippen molar-refractivity contribution in [3.05, 3.63) is 78.4 Å². The van der Waals surface area contributed by atoms with Gasteiger partial charge in [-0.2, -0.15) is 0 Å². The molecule has 0 amide bonds. The molecule has 0 heterocycles. The van der Waals surface area contributed by atoms with Gasteiger partial charge in [0.2, 0.25) is 6.10 Å². The minimum Gasteiger partial charge on any atom is -0.497 e. The van der Waals surface area contributed by atoms with Crippen molar-refractivity contribution in [2.24, 2.45) is 0 Å². The average molecular weight is 488 g/mol. The lowest BCUT2D eigenvalue weighted by Crippen LogP contribution is -2.43. The summed E-state index contributed by atoms with van der Waals surface area (Å²) in [4.78, 5) is 13.5. The summed E-state index contributed by atoms with van der Waals surface area (Å²) in [5.74, 6) is 0.876. The monoisotopic (exact) mass is 487 g/mol. The molecule has 0 saturated heterocycles. The first-order chi connectivity index (χ1) is 16.3. The summed E-state index contributed by atoms with van der Waals surface area (Å²) in [6.45, 7) is 9.44. The van der Waals surface area contributed by atoms with E-state index in [9.17, 15) is 4.79 Å². The van der Waals surface area contributed by atoms with Gasteiger partial charge in [0.15, 0.2) is 0 Å². The largest absolute Gasteiger partial charge is 0.497 e. The van der Waals surface area contributed by atoms with E-state index >= 15 is 0 Å². The topological polar surface area (TPSA) is 63.2 Å².